The van der Waals surface area contributed by atoms with E-state index in [1.54, 1.807) is 18.2 Å². The Bertz CT molecular complexity index is 570. The smallest absolute Gasteiger partial charge is 0.267 e. The molecule has 0 unspecified atom stereocenters. The largest absolute Gasteiger partial charge is 0.292 e. The third-order valence-corrected chi connectivity index (χ3v) is 2.72. The topological polar surface area (TPSA) is 47.8 Å². The molecule has 4 nitrogen and oxygen atoms in total. The van der Waals surface area contributed by atoms with Crippen LogP contribution < -0.4 is 5.56 Å². The van der Waals surface area contributed by atoms with Gasteiger partial charge in [-0.3, -0.25) is 9.36 Å². The second kappa shape index (κ2) is 4.76. The number of hydrogen-bond donors (Lipinski definition) is 0. The molecule has 2 aromatic rings. The van der Waals surface area contributed by atoms with Gasteiger partial charge in [0.25, 0.3) is 5.56 Å². The number of hydrogen-bond acceptors (Lipinski definition) is 3. The first-order valence-corrected chi connectivity index (χ1v) is 5.65. The van der Waals surface area contributed by atoms with Crippen LogP contribution >= 0.6 is 27.5 Å². The van der Waals surface area contributed by atoms with E-state index in [0.717, 1.165) is 5.69 Å². The van der Waals surface area contributed by atoms with E-state index in [0.29, 0.717) is 16.2 Å². The van der Waals surface area contributed by atoms with Crippen molar-refractivity contribution in [3.63, 3.8) is 0 Å². The quantitative estimate of drug-likeness (QED) is 0.798. The highest BCUT2D eigenvalue weighted by atomic mass is 79.9. The molecular formula is C10H7BrClN3O. The van der Waals surface area contributed by atoms with Crippen molar-refractivity contribution >= 4 is 27.5 Å². The Balaban J connectivity index is 2.34. The van der Waals surface area contributed by atoms with Gasteiger partial charge in [-0.05, 0) is 28.1 Å². The van der Waals surface area contributed by atoms with E-state index in [-0.39, 0.29) is 5.56 Å². The van der Waals surface area contributed by atoms with Gasteiger partial charge in [-0.15, -0.1) is 0 Å². The van der Waals surface area contributed by atoms with Gasteiger partial charge in [0.15, 0.2) is 0 Å². The van der Waals surface area contributed by atoms with Crippen LogP contribution in [0.5, 0.6) is 0 Å². The maximum absolute atomic E-state index is 11.7. The van der Waals surface area contributed by atoms with Crippen molar-refractivity contribution in [1.29, 1.82) is 0 Å². The third-order valence-electron chi connectivity index (χ3n) is 1.96. The standard InChI is InChI=1S/C10H7BrClN3O/c11-8-4-13-6-15(10(8)16)5-7-2-1-3-9(12)14-7/h1-4,6H,5H2. The predicted octanol–water partition coefficient (Wildman–Crippen LogP) is 2.10. The van der Waals surface area contributed by atoms with Gasteiger partial charge in [0.1, 0.15) is 9.63 Å². The van der Waals surface area contributed by atoms with Crippen molar-refractivity contribution < 1.29 is 0 Å². The Hall–Kier alpha value is -1.20. The minimum atomic E-state index is -0.142. The summed E-state index contributed by atoms with van der Waals surface area (Å²) in [4.78, 5) is 19.7. The molecule has 0 aliphatic rings. The Morgan fingerprint density at radius 2 is 2.25 bits per heavy atom. The molecule has 0 bridgehead atoms. The molecule has 0 spiro atoms. The summed E-state index contributed by atoms with van der Waals surface area (Å²) < 4.78 is 1.89. The van der Waals surface area contributed by atoms with Gasteiger partial charge in [0.2, 0.25) is 0 Å². The summed E-state index contributed by atoms with van der Waals surface area (Å²) in [6.07, 6.45) is 2.93. The van der Waals surface area contributed by atoms with Gasteiger partial charge in [0, 0.05) is 6.20 Å². The minimum Gasteiger partial charge on any atom is -0.292 e. The maximum atomic E-state index is 11.7. The van der Waals surface area contributed by atoms with E-state index < -0.39 is 0 Å². The molecule has 2 rings (SSSR count). The number of pyridine rings is 1. The molecule has 0 saturated carbocycles. The van der Waals surface area contributed by atoms with Crippen molar-refractivity contribution in [1.82, 2.24) is 14.5 Å². The minimum absolute atomic E-state index is 0.142. The monoisotopic (exact) mass is 299 g/mol. The van der Waals surface area contributed by atoms with E-state index in [9.17, 15) is 4.79 Å². The van der Waals surface area contributed by atoms with E-state index in [2.05, 4.69) is 25.9 Å². The maximum Gasteiger partial charge on any atom is 0.267 e. The van der Waals surface area contributed by atoms with Crippen LogP contribution in [-0.4, -0.2) is 14.5 Å². The molecule has 16 heavy (non-hydrogen) atoms. The van der Waals surface area contributed by atoms with E-state index in [1.165, 1.54) is 17.1 Å². The Morgan fingerprint density at radius 3 is 3.00 bits per heavy atom. The molecule has 0 radical (unpaired) electrons. The molecule has 0 aromatic carbocycles. The highest BCUT2D eigenvalue weighted by Gasteiger charge is 2.02. The van der Waals surface area contributed by atoms with Crippen LogP contribution in [0, 0.1) is 0 Å². The summed E-state index contributed by atoms with van der Waals surface area (Å²) in [7, 11) is 0. The first kappa shape index (κ1) is 11.3. The van der Waals surface area contributed by atoms with Crippen molar-refractivity contribution in [2.24, 2.45) is 0 Å². The van der Waals surface area contributed by atoms with E-state index in [1.807, 2.05) is 0 Å². The average molecular weight is 301 g/mol. The van der Waals surface area contributed by atoms with Gasteiger partial charge in [-0.2, -0.15) is 0 Å². The number of aromatic nitrogens is 3. The molecule has 0 N–H and O–H groups in total. The lowest BCUT2D eigenvalue weighted by Gasteiger charge is -2.04. The van der Waals surface area contributed by atoms with Crippen molar-refractivity contribution in [2.75, 3.05) is 0 Å². The molecule has 0 aliphatic carbocycles. The lowest BCUT2D eigenvalue weighted by molar-refractivity contribution is 0.714. The van der Waals surface area contributed by atoms with Gasteiger partial charge in [0.05, 0.1) is 18.6 Å². The summed E-state index contributed by atoms with van der Waals surface area (Å²) in [5.41, 5.74) is 0.575. The fourth-order valence-electron chi connectivity index (χ4n) is 1.25. The number of rotatable bonds is 2. The molecule has 0 aliphatic heterocycles. The highest BCUT2D eigenvalue weighted by molar-refractivity contribution is 9.10. The second-order valence-corrected chi connectivity index (χ2v) is 4.37. The van der Waals surface area contributed by atoms with E-state index in [4.69, 9.17) is 11.6 Å². The lowest BCUT2D eigenvalue weighted by atomic mass is 10.3. The number of halogens is 2. The van der Waals surface area contributed by atoms with Gasteiger partial charge < -0.3 is 0 Å². The molecule has 6 heteroatoms. The second-order valence-electron chi connectivity index (χ2n) is 3.13. The van der Waals surface area contributed by atoms with Crippen LogP contribution in [-0.2, 0) is 6.54 Å². The summed E-state index contributed by atoms with van der Waals surface area (Å²) in [5, 5.41) is 0.411. The van der Waals surface area contributed by atoms with Crippen LogP contribution in [0.4, 0.5) is 0 Å². The fraction of sp³-hybridized carbons (Fsp3) is 0.100. The van der Waals surface area contributed by atoms with Crippen LogP contribution in [0.1, 0.15) is 5.69 Å². The zero-order valence-corrected chi connectivity index (χ0v) is 10.4. The average Bonchev–Trinajstić information content (AvgIpc) is 2.25. The summed E-state index contributed by atoms with van der Waals surface area (Å²) >= 11 is 8.89. The van der Waals surface area contributed by atoms with Crippen LogP contribution in [0.3, 0.4) is 0 Å². The van der Waals surface area contributed by atoms with Crippen LogP contribution in [0.15, 0.2) is 40.0 Å². The van der Waals surface area contributed by atoms with Gasteiger partial charge in [-0.25, -0.2) is 9.97 Å². The normalized spacial score (nSPS) is 10.4. The summed E-state index contributed by atoms with van der Waals surface area (Å²) in [5.74, 6) is 0. The van der Waals surface area contributed by atoms with Gasteiger partial charge >= 0.3 is 0 Å². The van der Waals surface area contributed by atoms with Gasteiger partial charge in [-0.1, -0.05) is 17.7 Å². The first-order chi connectivity index (χ1) is 7.66. The zero-order valence-electron chi connectivity index (χ0n) is 8.10. The molecule has 2 aromatic heterocycles. The number of nitrogens with zero attached hydrogens (tertiary/aromatic N) is 3. The molecule has 2 heterocycles. The van der Waals surface area contributed by atoms with Crippen LogP contribution in [0.2, 0.25) is 5.15 Å². The first-order valence-electron chi connectivity index (χ1n) is 4.48. The molecule has 0 fully saturated rings. The molecule has 82 valence electrons. The molecule has 0 amide bonds. The highest BCUT2D eigenvalue weighted by Crippen LogP contribution is 2.06. The fourth-order valence-corrected chi connectivity index (χ4v) is 1.78. The lowest BCUT2D eigenvalue weighted by Crippen LogP contribution is -2.21. The predicted molar refractivity (Wildman–Crippen MR) is 64.5 cm³/mol. The SMILES string of the molecule is O=c1c(Br)cncn1Cc1cccc(Cl)n1. The molecule has 0 saturated heterocycles. The zero-order chi connectivity index (χ0) is 11.5. The third kappa shape index (κ3) is 2.48. The Morgan fingerprint density at radius 1 is 1.44 bits per heavy atom. The summed E-state index contributed by atoms with van der Waals surface area (Å²) in [6.45, 7) is 0.353. The van der Waals surface area contributed by atoms with Crippen LogP contribution in [0.25, 0.3) is 0 Å². The Kier molecular flexibility index (Phi) is 3.36. The van der Waals surface area contributed by atoms with E-state index >= 15 is 0 Å². The molecular weight excluding hydrogens is 293 g/mol. The molecule has 0 atom stereocenters. The van der Waals surface area contributed by atoms with Crippen molar-refractivity contribution in [2.45, 2.75) is 6.54 Å². The van der Waals surface area contributed by atoms with Crippen molar-refractivity contribution in [3.8, 4) is 0 Å². The van der Waals surface area contributed by atoms with Crippen molar-refractivity contribution in [3.05, 3.63) is 56.4 Å². The Labute approximate surface area is 105 Å². The summed E-state index contributed by atoms with van der Waals surface area (Å²) in [6, 6.07) is 5.29.